The van der Waals surface area contributed by atoms with Gasteiger partial charge in [0.1, 0.15) is 0 Å². The largest absolute Gasteiger partial charge is 0.416 e. The highest BCUT2D eigenvalue weighted by atomic mass is 32.2. The van der Waals surface area contributed by atoms with Crippen LogP contribution < -0.4 is 9.21 Å². The molecule has 2 aromatic rings. The van der Waals surface area contributed by atoms with Gasteiger partial charge in [0.15, 0.2) is 0 Å². The number of halogens is 3. The summed E-state index contributed by atoms with van der Waals surface area (Å²) >= 11 is 0. The molecular weight excluding hydrogens is 543 g/mol. The predicted octanol–water partition coefficient (Wildman–Crippen LogP) is 5.31. The number of carbonyl (C=O) groups is 1. The SMILES string of the molecule is CC(=O)N1CCN2c3ccc(C4=CC(C)(C)OC(C)(C)C4)cc3N(S(=O)(=O)c3cccc(C(F)(F)F)c3)C[C@@H]2C1. The number of nitrogens with zero attached hydrogens (tertiary/aromatic N) is 3. The monoisotopic (exact) mass is 577 g/mol. The van der Waals surface area contributed by atoms with Crippen molar-refractivity contribution >= 4 is 32.9 Å². The molecule has 1 saturated heterocycles. The summed E-state index contributed by atoms with van der Waals surface area (Å²) in [6, 6.07) is 9.14. The van der Waals surface area contributed by atoms with E-state index in [4.69, 9.17) is 4.74 Å². The summed E-state index contributed by atoms with van der Waals surface area (Å²) in [5.74, 6) is -0.107. The van der Waals surface area contributed by atoms with Gasteiger partial charge in [-0.3, -0.25) is 9.10 Å². The van der Waals surface area contributed by atoms with Crippen LogP contribution in [0.2, 0.25) is 0 Å². The summed E-state index contributed by atoms with van der Waals surface area (Å²) in [5.41, 5.74) is 0.901. The number of ether oxygens (including phenoxy) is 1. The molecule has 0 aliphatic carbocycles. The van der Waals surface area contributed by atoms with Crippen LogP contribution in [0.3, 0.4) is 0 Å². The van der Waals surface area contributed by atoms with Gasteiger partial charge in [-0.2, -0.15) is 13.2 Å². The Morgan fingerprint density at radius 2 is 1.73 bits per heavy atom. The van der Waals surface area contributed by atoms with E-state index in [9.17, 15) is 26.4 Å². The number of piperazine rings is 1. The summed E-state index contributed by atoms with van der Waals surface area (Å²) in [6.45, 7) is 10.7. The molecule has 0 aromatic heterocycles. The van der Waals surface area contributed by atoms with Gasteiger partial charge in [0.05, 0.1) is 45.6 Å². The van der Waals surface area contributed by atoms with Crippen molar-refractivity contribution in [2.45, 2.75) is 69.4 Å². The van der Waals surface area contributed by atoms with Crippen molar-refractivity contribution in [1.82, 2.24) is 4.90 Å². The number of alkyl halides is 3. The molecule has 11 heteroatoms. The van der Waals surface area contributed by atoms with E-state index in [2.05, 4.69) is 4.90 Å². The number of hydrogen-bond acceptors (Lipinski definition) is 5. The second-order valence-electron chi connectivity index (χ2n) is 11.9. The number of carbonyl (C=O) groups excluding carboxylic acids is 1. The molecule has 2 aromatic carbocycles. The van der Waals surface area contributed by atoms with E-state index in [1.54, 1.807) is 4.90 Å². The molecular formula is C29H34F3N3O4S. The standard InChI is InChI=1S/C29H34F3N3O4S/c1-19(36)33-11-12-34-23(17-33)18-35(40(37,38)24-8-6-7-22(14-24)29(30,31)32)26-13-20(9-10-25(26)34)21-15-27(2,3)39-28(4,5)16-21/h6-10,13-15,23H,11-12,16-18H2,1-5H3/t23-/m0/s1. The average Bonchev–Trinajstić information content (AvgIpc) is 2.85. The summed E-state index contributed by atoms with van der Waals surface area (Å²) in [7, 11) is -4.38. The van der Waals surface area contributed by atoms with Gasteiger partial charge in [0.25, 0.3) is 10.0 Å². The van der Waals surface area contributed by atoms with E-state index < -0.39 is 37.9 Å². The van der Waals surface area contributed by atoms with Crippen LogP contribution in [0, 0.1) is 0 Å². The molecule has 40 heavy (non-hydrogen) atoms. The molecule has 0 N–H and O–H groups in total. The van der Waals surface area contributed by atoms with Crippen LogP contribution in [0.4, 0.5) is 24.5 Å². The maximum Gasteiger partial charge on any atom is 0.416 e. The van der Waals surface area contributed by atoms with Crippen molar-refractivity contribution in [3.05, 3.63) is 59.7 Å². The first-order chi connectivity index (χ1) is 18.5. The second-order valence-corrected chi connectivity index (χ2v) is 13.8. The molecule has 216 valence electrons. The molecule has 1 amide bonds. The van der Waals surface area contributed by atoms with Crippen LogP contribution >= 0.6 is 0 Å². The Bertz CT molecular complexity index is 1480. The lowest BCUT2D eigenvalue weighted by molar-refractivity contribution is -0.137. The third-order valence-electron chi connectivity index (χ3n) is 7.66. The van der Waals surface area contributed by atoms with Gasteiger partial charge in [0, 0.05) is 33.0 Å². The maximum absolute atomic E-state index is 14.0. The van der Waals surface area contributed by atoms with Gasteiger partial charge in [-0.15, -0.1) is 0 Å². The fourth-order valence-electron chi connectivity index (χ4n) is 6.15. The van der Waals surface area contributed by atoms with Crippen molar-refractivity contribution in [1.29, 1.82) is 0 Å². The summed E-state index contributed by atoms with van der Waals surface area (Å²) in [5, 5.41) is 0. The van der Waals surface area contributed by atoms with Crippen LogP contribution in [-0.4, -0.2) is 62.6 Å². The lowest BCUT2D eigenvalue weighted by Crippen LogP contribution is -2.61. The lowest BCUT2D eigenvalue weighted by atomic mass is 9.85. The lowest BCUT2D eigenvalue weighted by Gasteiger charge is -2.49. The number of anilines is 2. The zero-order valence-electron chi connectivity index (χ0n) is 23.2. The van der Waals surface area contributed by atoms with Crippen LogP contribution in [0.25, 0.3) is 5.57 Å². The number of sulfonamides is 1. The Kier molecular flexibility index (Phi) is 6.77. The molecule has 0 radical (unpaired) electrons. The summed E-state index contributed by atoms with van der Waals surface area (Å²) < 4.78 is 75.9. The van der Waals surface area contributed by atoms with Crippen molar-refractivity contribution < 1.29 is 31.1 Å². The van der Waals surface area contributed by atoms with Crippen molar-refractivity contribution in [2.24, 2.45) is 0 Å². The van der Waals surface area contributed by atoms with E-state index in [-0.39, 0.29) is 18.5 Å². The summed E-state index contributed by atoms with van der Waals surface area (Å²) in [4.78, 5) is 15.5. The van der Waals surface area contributed by atoms with Gasteiger partial charge in [-0.05, 0) is 75.2 Å². The van der Waals surface area contributed by atoms with E-state index in [0.29, 0.717) is 43.5 Å². The first kappa shape index (κ1) is 28.5. The second kappa shape index (κ2) is 9.51. The normalized spacial score (nSPS) is 22.4. The molecule has 3 heterocycles. The van der Waals surface area contributed by atoms with Crippen LogP contribution in [0.15, 0.2) is 53.4 Å². The number of rotatable bonds is 3. The maximum atomic E-state index is 14.0. The minimum Gasteiger partial charge on any atom is -0.365 e. The fraction of sp³-hybridized carbons (Fsp3) is 0.483. The minimum atomic E-state index is -4.68. The smallest absolute Gasteiger partial charge is 0.365 e. The Labute approximate surface area is 233 Å². The van der Waals surface area contributed by atoms with E-state index in [1.165, 1.54) is 17.3 Å². The van der Waals surface area contributed by atoms with Crippen LogP contribution in [0.5, 0.6) is 0 Å². The van der Waals surface area contributed by atoms with Gasteiger partial charge in [0.2, 0.25) is 5.91 Å². The van der Waals surface area contributed by atoms with Crippen molar-refractivity contribution in [3.63, 3.8) is 0 Å². The van der Waals surface area contributed by atoms with Gasteiger partial charge in [-0.1, -0.05) is 12.1 Å². The first-order valence-corrected chi connectivity index (χ1v) is 14.7. The zero-order valence-corrected chi connectivity index (χ0v) is 24.1. The third-order valence-corrected chi connectivity index (χ3v) is 9.43. The highest BCUT2D eigenvalue weighted by Crippen LogP contribution is 2.44. The predicted molar refractivity (Wildman–Crippen MR) is 148 cm³/mol. The fourth-order valence-corrected chi connectivity index (χ4v) is 7.70. The van der Waals surface area contributed by atoms with Crippen molar-refractivity contribution in [2.75, 3.05) is 35.4 Å². The highest BCUT2D eigenvalue weighted by molar-refractivity contribution is 7.92. The topological polar surface area (TPSA) is 70.2 Å². The molecule has 1 fully saturated rings. The Hall–Kier alpha value is -3.05. The molecule has 1 atom stereocenters. The molecule has 3 aliphatic rings. The van der Waals surface area contributed by atoms with Gasteiger partial charge in [-0.25, -0.2) is 8.42 Å². The Morgan fingerprint density at radius 1 is 1.00 bits per heavy atom. The van der Waals surface area contributed by atoms with Crippen LogP contribution in [0.1, 0.15) is 52.2 Å². The molecule has 0 saturated carbocycles. The van der Waals surface area contributed by atoms with Crippen LogP contribution in [-0.2, 0) is 25.7 Å². The molecule has 0 bridgehead atoms. The summed E-state index contributed by atoms with van der Waals surface area (Å²) in [6.07, 6.45) is -2.05. The Balaban J connectivity index is 1.64. The number of benzene rings is 2. The molecule has 3 aliphatic heterocycles. The van der Waals surface area contributed by atoms with E-state index >= 15 is 0 Å². The quantitative estimate of drug-likeness (QED) is 0.495. The molecule has 7 nitrogen and oxygen atoms in total. The highest BCUT2D eigenvalue weighted by Gasteiger charge is 2.42. The van der Waals surface area contributed by atoms with Crippen molar-refractivity contribution in [3.8, 4) is 0 Å². The molecule has 0 spiro atoms. The number of amides is 1. The molecule has 5 rings (SSSR count). The van der Waals surface area contributed by atoms with Gasteiger partial charge < -0.3 is 14.5 Å². The van der Waals surface area contributed by atoms with E-state index in [1.807, 2.05) is 52.0 Å². The minimum absolute atomic E-state index is 0.00203. The Morgan fingerprint density at radius 3 is 2.38 bits per heavy atom. The van der Waals surface area contributed by atoms with Gasteiger partial charge >= 0.3 is 6.18 Å². The average molecular weight is 578 g/mol. The third kappa shape index (κ3) is 5.33. The molecule has 0 unspecified atom stereocenters. The van der Waals surface area contributed by atoms with E-state index in [0.717, 1.165) is 23.3 Å². The first-order valence-electron chi connectivity index (χ1n) is 13.3. The number of fused-ring (bicyclic) bond motifs is 3. The zero-order chi connectivity index (χ0) is 29.3. The number of hydrogen-bond donors (Lipinski definition) is 0.